The van der Waals surface area contributed by atoms with Gasteiger partial charge in [0.15, 0.2) is 5.16 Å². The highest BCUT2D eigenvalue weighted by molar-refractivity contribution is 7.99. The van der Waals surface area contributed by atoms with E-state index in [9.17, 15) is 4.79 Å². The Morgan fingerprint density at radius 2 is 2.05 bits per heavy atom. The number of nitrogens with zero attached hydrogens (tertiary/aromatic N) is 3. The van der Waals surface area contributed by atoms with Crippen molar-refractivity contribution < 1.29 is 4.79 Å². The third kappa shape index (κ3) is 3.14. The van der Waals surface area contributed by atoms with Crippen molar-refractivity contribution in [2.75, 3.05) is 32.2 Å². The number of carbonyl (C=O) groups is 1. The lowest BCUT2D eigenvalue weighted by molar-refractivity contribution is -0.125. The maximum atomic E-state index is 11.6. The van der Waals surface area contributed by atoms with Crippen LogP contribution in [0, 0.1) is 0 Å². The summed E-state index contributed by atoms with van der Waals surface area (Å²) in [7, 11) is 5.31. The summed E-state index contributed by atoms with van der Waals surface area (Å²) in [5, 5.41) is 4.65. The molecule has 0 saturated carbocycles. The van der Waals surface area contributed by atoms with Crippen molar-refractivity contribution in [2.24, 2.45) is 0 Å². The van der Waals surface area contributed by atoms with Gasteiger partial charge in [0.25, 0.3) is 0 Å². The molecule has 1 heterocycles. The third-order valence-corrected chi connectivity index (χ3v) is 3.48. The molecule has 6 heteroatoms. The van der Waals surface area contributed by atoms with Gasteiger partial charge in [-0.1, -0.05) is 23.9 Å². The van der Waals surface area contributed by atoms with E-state index in [1.807, 2.05) is 31.3 Å². The zero-order valence-electron chi connectivity index (χ0n) is 11.2. The SMILES string of the molecule is CNc1nc(SCC(=O)N(C)C)nc2ccccc12. The summed E-state index contributed by atoms with van der Waals surface area (Å²) in [5.74, 6) is 1.17. The molecule has 100 valence electrons. The van der Waals surface area contributed by atoms with Crippen LogP contribution in [0.2, 0.25) is 0 Å². The minimum atomic E-state index is 0.0489. The lowest BCUT2D eigenvalue weighted by atomic mass is 10.2. The van der Waals surface area contributed by atoms with Crippen molar-refractivity contribution in [3.8, 4) is 0 Å². The second kappa shape index (κ2) is 5.88. The van der Waals surface area contributed by atoms with E-state index >= 15 is 0 Å². The van der Waals surface area contributed by atoms with Gasteiger partial charge in [0.2, 0.25) is 5.91 Å². The van der Waals surface area contributed by atoms with Crippen molar-refractivity contribution in [1.29, 1.82) is 0 Å². The largest absolute Gasteiger partial charge is 0.372 e. The average molecular weight is 276 g/mol. The number of benzene rings is 1. The van der Waals surface area contributed by atoms with E-state index in [-0.39, 0.29) is 5.91 Å². The van der Waals surface area contributed by atoms with Gasteiger partial charge in [-0.3, -0.25) is 4.79 Å². The lowest BCUT2D eigenvalue weighted by Gasteiger charge is -2.10. The number of anilines is 1. The van der Waals surface area contributed by atoms with E-state index in [2.05, 4.69) is 15.3 Å². The molecule has 2 rings (SSSR count). The number of nitrogens with one attached hydrogen (secondary N) is 1. The Labute approximate surface area is 116 Å². The topological polar surface area (TPSA) is 58.1 Å². The predicted octanol–water partition coefficient (Wildman–Crippen LogP) is 1.85. The van der Waals surface area contributed by atoms with Gasteiger partial charge in [0.05, 0.1) is 11.3 Å². The zero-order chi connectivity index (χ0) is 13.8. The van der Waals surface area contributed by atoms with Gasteiger partial charge in [-0.15, -0.1) is 0 Å². The highest BCUT2D eigenvalue weighted by Gasteiger charge is 2.10. The maximum absolute atomic E-state index is 11.6. The first kappa shape index (κ1) is 13.6. The van der Waals surface area contributed by atoms with Crippen molar-refractivity contribution in [2.45, 2.75) is 5.16 Å². The van der Waals surface area contributed by atoms with Gasteiger partial charge in [-0.25, -0.2) is 9.97 Å². The van der Waals surface area contributed by atoms with E-state index in [4.69, 9.17) is 0 Å². The first-order chi connectivity index (χ1) is 9.11. The van der Waals surface area contributed by atoms with Gasteiger partial charge in [-0.2, -0.15) is 0 Å². The third-order valence-electron chi connectivity index (χ3n) is 2.64. The van der Waals surface area contributed by atoms with Gasteiger partial charge in [-0.05, 0) is 12.1 Å². The summed E-state index contributed by atoms with van der Waals surface area (Å²) in [6.45, 7) is 0. The smallest absolute Gasteiger partial charge is 0.232 e. The summed E-state index contributed by atoms with van der Waals surface area (Å²) in [4.78, 5) is 22.0. The van der Waals surface area contributed by atoms with Gasteiger partial charge >= 0.3 is 0 Å². The van der Waals surface area contributed by atoms with Crippen LogP contribution in [0.5, 0.6) is 0 Å². The molecule has 5 nitrogen and oxygen atoms in total. The van der Waals surface area contributed by atoms with Crippen molar-refractivity contribution in [3.63, 3.8) is 0 Å². The lowest BCUT2D eigenvalue weighted by Crippen LogP contribution is -2.23. The Morgan fingerprint density at radius 3 is 2.74 bits per heavy atom. The molecule has 0 aliphatic heterocycles. The molecule has 1 amide bonds. The first-order valence-corrected chi connectivity index (χ1v) is 6.88. The quantitative estimate of drug-likeness (QED) is 0.682. The molecule has 19 heavy (non-hydrogen) atoms. The summed E-state index contributed by atoms with van der Waals surface area (Å²) < 4.78 is 0. The molecule has 1 aromatic carbocycles. The van der Waals surface area contributed by atoms with Crippen LogP contribution in [0.4, 0.5) is 5.82 Å². The summed E-state index contributed by atoms with van der Waals surface area (Å²) in [6.07, 6.45) is 0. The van der Waals surface area contributed by atoms with Crippen LogP contribution in [0.1, 0.15) is 0 Å². The highest BCUT2D eigenvalue weighted by Crippen LogP contribution is 2.23. The molecule has 0 fully saturated rings. The van der Waals surface area contributed by atoms with E-state index in [0.29, 0.717) is 10.9 Å². The zero-order valence-corrected chi connectivity index (χ0v) is 12.0. The molecule has 0 unspecified atom stereocenters. The molecular formula is C13H16N4OS. The normalized spacial score (nSPS) is 10.5. The van der Waals surface area contributed by atoms with E-state index in [0.717, 1.165) is 16.7 Å². The predicted molar refractivity (Wildman–Crippen MR) is 78.5 cm³/mol. The fourth-order valence-corrected chi connectivity index (χ4v) is 2.40. The molecule has 1 N–H and O–H groups in total. The Bertz CT molecular complexity index is 600. The summed E-state index contributed by atoms with van der Waals surface area (Å²) in [6, 6.07) is 7.80. The van der Waals surface area contributed by atoms with E-state index < -0.39 is 0 Å². The van der Waals surface area contributed by atoms with Crippen LogP contribution < -0.4 is 5.32 Å². The summed E-state index contributed by atoms with van der Waals surface area (Å²) in [5.41, 5.74) is 0.877. The molecule has 0 radical (unpaired) electrons. The van der Waals surface area contributed by atoms with Gasteiger partial charge in [0, 0.05) is 26.5 Å². The monoisotopic (exact) mass is 276 g/mol. The average Bonchev–Trinajstić information content (AvgIpc) is 2.43. The fourth-order valence-electron chi connectivity index (χ4n) is 1.57. The summed E-state index contributed by atoms with van der Waals surface area (Å²) >= 11 is 1.35. The van der Waals surface area contributed by atoms with Gasteiger partial charge in [0.1, 0.15) is 5.82 Å². The molecule has 0 atom stereocenters. The van der Waals surface area contributed by atoms with Crippen LogP contribution in [-0.4, -0.2) is 47.7 Å². The number of hydrogen-bond donors (Lipinski definition) is 1. The van der Waals surface area contributed by atoms with E-state index in [1.54, 1.807) is 19.0 Å². The highest BCUT2D eigenvalue weighted by atomic mass is 32.2. The second-order valence-electron chi connectivity index (χ2n) is 4.20. The molecule has 0 spiro atoms. The second-order valence-corrected chi connectivity index (χ2v) is 5.14. The number of aromatic nitrogens is 2. The fraction of sp³-hybridized carbons (Fsp3) is 0.308. The molecule has 1 aromatic heterocycles. The van der Waals surface area contributed by atoms with Crippen LogP contribution in [0.3, 0.4) is 0 Å². The number of hydrogen-bond acceptors (Lipinski definition) is 5. The molecule has 0 bridgehead atoms. The number of amides is 1. The van der Waals surface area contributed by atoms with E-state index in [1.165, 1.54) is 11.8 Å². The van der Waals surface area contributed by atoms with Gasteiger partial charge < -0.3 is 10.2 Å². The Kier molecular flexibility index (Phi) is 4.21. The standard InChI is InChI=1S/C13H16N4OS/c1-14-12-9-6-4-5-7-10(9)15-13(16-12)19-8-11(18)17(2)3/h4-7H,8H2,1-3H3,(H,14,15,16). The number of carbonyl (C=O) groups excluding carboxylic acids is 1. The van der Waals surface area contributed by atoms with Crippen LogP contribution in [-0.2, 0) is 4.79 Å². The van der Waals surface area contributed by atoms with Crippen LogP contribution in [0.15, 0.2) is 29.4 Å². The van der Waals surface area contributed by atoms with Crippen molar-refractivity contribution in [3.05, 3.63) is 24.3 Å². The molecule has 0 aliphatic rings. The minimum Gasteiger partial charge on any atom is -0.372 e. The first-order valence-electron chi connectivity index (χ1n) is 5.89. The number of thioether (sulfide) groups is 1. The van der Waals surface area contributed by atoms with Crippen LogP contribution in [0.25, 0.3) is 10.9 Å². The number of fused-ring (bicyclic) bond motifs is 1. The number of rotatable bonds is 4. The molecule has 2 aromatic rings. The molecule has 0 saturated heterocycles. The van der Waals surface area contributed by atoms with Crippen LogP contribution >= 0.6 is 11.8 Å². The molecule has 0 aliphatic carbocycles. The number of para-hydroxylation sites is 1. The molecular weight excluding hydrogens is 260 g/mol. The Balaban J connectivity index is 2.27. The Hall–Kier alpha value is -1.82. The van der Waals surface area contributed by atoms with Crippen molar-refractivity contribution >= 4 is 34.4 Å². The minimum absolute atomic E-state index is 0.0489. The maximum Gasteiger partial charge on any atom is 0.232 e. The Morgan fingerprint density at radius 1 is 1.32 bits per heavy atom. The van der Waals surface area contributed by atoms with Crippen molar-refractivity contribution in [1.82, 2.24) is 14.9 Å².